The predicted octanol–water partition coefficient (Wildman–Crippen LogP) is 4.82. The second kappa shape index (κ2) is 9.05. The molecule has 0 bridgehead atoms. The Hall–Kier alpha value is -1.62. The number of halogens is 1. The van der Waals surface area contributed by atoms with E-state index in [0.29, 0.717) is 17.7 Å². The van der Waals surface area contributed by atoms with Gasteiger partial charge in [-0.2, -0.15) is 0 Å². The van der Waals surface area contributed by atoms with Crippen LogP contribution in [0, 0.1) is 13.8 Å². The molecule has 4 nitrogen and oxygen atoms in total. The highest BCUT2D eigenvalue weighted by molar-refractivity contribution is 6.30. The van der Waals surface area contributed by atoms with Crippen molar-refractivity contribution in [2.75, 3.05) is 26.2 Å². The first kappa shape index (κ1) is 20.1. The van der Waals surface area contributed by atoms with Gasteiger partial charge in [0.05, 0.1) is 12.6 Å². The van der Waals surface area contributed by atoms with Gasteiger partial charge in [0.25, 0.3) is 0 Å². The Morgan fingerprint density at radius 2 is 1.85 bits per heavy atom. The van der Waals surface area contributed by atoms with E-state index >= 15 is 0 Å². The summed E-state index contributed by atoms with van der Waals surface area (Å²) in [6.07, 6.45) is 3.43. The molecule has 2 heterocycles. The van der Waals surface area contributed by atoms with Crippen molar-refractivity contribution in [1.29, 1.82) is 0 Å². The molecule has 5 heteroatoms. The number of ether oxygens (including phenoxy) is 1. The van der Waals surface area contributed by atoms with E-state index in [1.165, 1.54) is 0 Å². The Labute approximate surface area is 167 Å². The van der Waals surface area contributed by atoms with Gasteiger partial charge in [0.15, 0.2) is 5.78 Å². The molecule has 0 atom stereocenters. The third-order valence-corrected chi connectivity index (χ3v) is 5.53. The summed E-state index contributed by atoms with van der Waals surface area (Å²) in [5.41, 5.74) is 3.89. The van der Waals surface area contributed by atoms with Crippen LogP contribution >= 0.6 is 11.6 Å². The second-order valence-electron chi connectivity index (χ2n) is 7.37. The Balaban J connectivity index is 1.66. The summed E-state index contributed by atoms with van der Waals surface area (Å²) in [6.45, 7) is 9.35. The van der Waals surface area contributed by atoms with Gasteiger partial charge in [-0.3, -0.25) is 9.69 Å². The number of hydrogen-bond acceptors (Lipinski definition) is 3. The van der Waals surface area contributed by atoms with Crippen molar-refractivity contribution in [2.45, 2.75) is 46.1 Å². The maximum absolute atomic E-state index is 12.9. The third kappa shape index (κ3) is 4.81. The number of aromatic nitrogens is 1. The molecule has 2 aromatic rings. The van der Waals surface area contributed by atoms with Crippen LogP contribution in [0.3, 0.4) is 0 Å². The molecule has 0 amide bonds. The average Bonchev–Trinajstić information content (AvgIpc) is 2.96. The van der Waals surface area contributed by atoms with Crippen molar-refractivity contribution in [2.24, 2.45) is 0 Å². The Morgan fingerprint density at radius 3 is 2.48 bits per heavy atom. The minimum atomic E-state index is 0.191. The topological polar surface area (TPSA) is 34.5 Å². The van der Waals surface area contributed by atoms with Gasteiger partial charge < -0.3 is 9.30 Å². The van der Waals surface area contributed by atoms with E-state index in [1.54, 1.807) is 0 Å². The molecule has 0 aliphatic carbocycles. The number of Topliss-reactive ketones (excluding diaryl/α,β-unsaturated/α-hetero) is 1. The summed E-state index contributed by atoms with van der Waals surface area (Å²) in [5, 5.41) is 0.712. The van der Waals surface area contributed by atoms with Crippen LogP contribution in [0.5, 0.6) is 0 Å². The molecule has 1 saturated heterocycles. The minimum Gasteiger partial charge on any atom is -0.378 e. The van der Waals surface area contributed by atoms with Gasteiger partial charge in [-0.25, -0.2) is 0 Å². The van der Waals surface area contributed by atoms with Gasteiger partial charge in [-0.1, -0.05) is 18.5 Å². The molecule has 146 valence electrons. The summed E-state index contributed by atoms with van der Waals surface area (Å²) < 4.78 is 7.96. The van der Waals surface area contributed by atoms with Crippen LogP contribution in [0.1, 0.15) is 47.9 Å². The lowest BCUT2D eigenvalue weighted by molar-refractivity contribution is 0.00852. The van der Waals surface area contributed by atoms with E-state index in [2.05, 4.69) is 16.4 Å². The van der Waals surface area contributed by atoms with Crippen molar-refractivity contribution in [3.8, 4) is 5.69 Å². The predicted molar refractivity (Wildman–Crippen MR) is 110 cm³/mol. The van der Waals surface area contributed by atoms with Crippen molar-refractivity contribution in [1.82, 2.24) is 9.47 Å². The lowest BCUT2D eigenvalue weighted by Crippen LogP contribution is -2.40. The monoisotopic (exact) mass is 388 g/mol. The summed E-state index contributed by atoms with van der Waals surface area (Å²) in [6, 6.07) is 9.72. The number of hydrogen-bond donors (Lipinski definition) is 0. The number of benzene rings is 1. The fourth-order valence-electron chi connectivity index (χ4n) is 3.84. The minimum absolute atomic E-state index is 0.191. The third-order valence-electron chi connectivity index (χ3n) is 5.28. The molecule has 1 aliphatic heterocycles. The van der Waals surface area contributed by atoms with Gasteiger partial charge in [-0.15, -0.1) is 0 Å². The number of aryl methyl sites for hydroxylation is 1. The lowest BCUT2D eigenvalue weighted by Gasteiger charge is -2.31. The molecule has 0 N–H and O–H groups in total. The van der Waals surface area contributed by atoms with Crippen LogP contribution in [0.15, 0.2) is 30.3 Å². The van der Waals surface area contributed by atoms with E-state index in [-0.39, 0.29) is 5.78 Å². The standard InChI is InChI=1S/C22H29ClN2O2/c1-4-13-27-20-9-11-24(12-10-20)15-22(26)21-14-16(2)25(17(21)3)19-7-5-18(23)6-8-19/h5-8,14,20H,4,9-13,15H2,1-3H3. The largest absolute Gasteiger partial charge is 0.378 e. The highest BCUT2D eigenvalue weighted by atomic mass is 35.5. The number of carbonyl (C=O) groups is 1. The summed E-state index contributed by atoms with van der Waals surface area (Å²) in [4.78, 5) is 15.2. The molecule has 0 spiro atoms. The zero-order valence-electron chi connectivity index (χ0n) is 16.5. The average molecular weight is 389 g/mol. The van der Waals surface area contributed by atoms with Crippen LogP contribution in [-0.2, 0) is 4.74 Å². The van der Waals surface area contributed by atoms with Gasteiger partial charge in [0, 0.05) is 47.4 Å². The highest BCUT2D eigenvalue weighted by Gasteiger charge is 2.23. The van der Waals surface area contributed by atoms with E-state index < -0.39 is 0 Å². The highest BCUT2D eigenvalue weighted by Crippen LogP contribution is 2.23. The van der Waals surface area contributed by atoms with Crippen LogP contribution in [0.4, 0.5) is 0 Å². The van der Waals surface area contributed by atoms with Crippen molar-refractivity contribution in [3.05, 3.63) is 52.3 Å². The first-order chi connectivity index (χ1) is 13.0. The first-order valence-corrected chi connectivity index (χ1v) is 10.2. The SMILES string of the molecule is CCCOC1CCN(CC(=O)c2cc(C)n(-c3ccc(Cl)cc3)c2C)CC1. The normalized spacial score (nSPS) is 16.0. The fraction of sp³-hybridized carbons (Fsp3) is 0.500. The Kier molecular flexibility index (Phi) is 6.74. The van der Waals surface area contributed by atoms with Crippen LogP contribution in [0.25, 0.3) is 5.69 Å². The number of carbonyl (C=O) groups excluding carboxylic acids is 1. The van der Waals surface area contributed by atoms with Crippen LogP contribution < -0.4 is 0 Å². The maximum atomic E-state index is 12.9. The molecular formula is C22H29ClN2O2. The molecular weight excluding hydrogens is 360 g/mol. The zero-order valence-corrected chi connectivity index (χ0v) is 17.3. The molecule has 0 saturated carbocycles. The molecule has 1 fully saturated rings. The van der Waals surface area contributed by atoms with E-state index in [1.807, 2.05) is 44.2 Å². The second-order valence-corrected chi connectivity index (χ2v) is 7.80. The van der Waals surface area contributed by atoms with Gasteiger partial charge in [0.2, 0.25) is 0 Å². The number of ketones is 1. The van der Waals surface area contributed by atoms with Crippen molar-refractivity contribution < 1.29 is 9.53 Å². The van der Waals surface area contributed by atoms with E-state index in [9.17, 15) is 4.79 Å². The first-order valence-electron chi connectivity index (χ1n) is 9.81. The molecule has 0 unspecified atom stereocenters. The number of nitrogens with zero attached hydrogens (tertiary/aromatic N) is 2. The number of likely N-dealkylation sites (tertiary alicyclic amines) is 1. The van der Waals surface area contributed by atoms with E-state index in [4.69, 9.17) is 16.3 Å². The smallest absolute Gasteiger partial charge is 0.178 e. The van der Waals surface area contributed by atoms with Crippen LogP contribution in [-0.4, -0.2) is 47.6 Å². The van der Waals surface area contributed by atoms with Crippen LogP contribution in [0.2, 0.25) is 5.02 Å². The zero-order chi connectivity index (χ0) is 19.4. The van der Waals surface area contributed by atoms with Gasteiger partial charge in [0.1, 0.15) is 0 Å². The maximum Gasteiger partial charge on any atom is 0.178 e. The van der Waals surface area contributed by atoms with Crippen molar-refractivity contribution in [3.63, 3.8) is 0 Å². The molecule has 27 heavy (non-hydrogen) atoms. The molecule has 1 aliphatic rings. The summed E-state index contributed by atoms with van der Waals surface area (Å²) in [5.74, 6) is 0.191. The molecule has 1 aromatic heterocycles. The number of piperidine rings is 1. The number of rotatable bonds is 7. The van der Waals surface area contributed by atoms with Gasteiger partial charge >= 0.3 is 0 Å². The quantitative estimate of drug-likeness (QED) is 0.637. The summed E-state index contributed by atoms with van der Waals surface area (Å²) in [7, 11) is 0. The lowest BCUT2D eigenvalue weighted by atomic mass is 10.1. The Bertz CT molecular complexity index is 774. The fourth-order valence-corrected chi connectivity index (χ4v) is 3.97. The molecule has 1 aromatic carbocycles. The van der Waals surface area contributed by atoms with Crippen molar-refractivity contribution >= 4 is 17.4 Å². The molecule has 3 rings (SSSR count). The van der Waals surface area contributed by atoms with E-state index in [0.717, 1.165) is 61.6 Å². The van der Waals surface area contributed by atoms with Gasteiger partial charge in [-0.05, 0) is 63.4 Å². The Morgan fingerprint density at radius 1 is 1.19 bits per heavy atom. The summed E-state index contributed by atoms with van der Waals surface area (Å²) >= 11 is 6.00. The molecule has 0 radical (unpaired) electrons.